The standard InChI is InChI=1S/C16H16F3NO4S/c1-2-24-15-7-6-13(8-11(15)10-21)20-25(22,23)14-5-3-4-12(9-14)16(17,18)19/h3-9,20-21H,2,10H2,1H3. The third-order valence-corrected chi connectivity index (χ3v) is 4.63. The predicted molar refractivity (Wildman–Crippen MR) is 85.8 cm³/mol. The molecule has 0 aliphatic rings. The fourth-order valence-corrected chi connectivity index (χ4v) is 3.21. The largest absolute Gasteiger partial charge is 0.494 e. The molecule has 0 bridgehead atoms. The second-order valence-electron chi connectivity index (χ2n) is 5.04. The molecule has 25 heavy (non-hydrogen) atoms. The molecule has 9 heteroatoms. The summed E-state index contributed by atoms with van der Waals surface area (Å²) in [5, 5.41) is 9.33. The van der Waals surface area contributed by atoms with Crippen molar-refractivity contribution in [1.82, 2.24) is 0 Å². The predicted octanol–water partition coefficient (Wildman–Crippen LogP) is 3.40. The molecule has 0 aliphatic carbocycles. The Labute approximate surface area is 143 Å². The molecule has 0 atom stereocenters. The second-order valence-corrected chi connectivity index (χ2v) is 6.73. The summed E-state index contributed by atoms with van der Waals surface area (Å²) in [5.41, 5.74) is -0.603. The van der Waals surface area contributed by atoms with Crippen LogP contribution in [0.15, 0.2) is 47.4 Å². The Morgan fingerprint density at radius 1 is 1.16 bits per heavy atom. The number of sulfonamides is 1. The van der Waals surface area contributed by atoms with Gasteiger partial charge in [-0.2, -0.15) is 13.2 Å². The maximum Gasteiger partial charge on any atom is 0.416 e. The molecule has 0 aromatic heterocycles. The summed E-state index contributed by atoms with van der Waals surface area (Å²) in [6, 6.07) is 7.67. The van der Waals surface area contributed by atoms with Crippen LogP contribution in [0.5, 0.6) is 5.75 Å². The molecule has 0 unspecified atom stereocenters. The molecule has 0 radical (unpaired) electrons. The van der Waals surface area contributed by atoms with E-state index in [-0.39, 0.29) is 12.3 Å². The van der Waals surface area contributed by atoms with Crippen LogP contribution >= 0.6 is 0 Å². The Morgan fingerprint density at radius 3 is 2.48 bits per heavy atom. The zero-order chi connectivity index (χ0) is 18.7. The zero-order valence-electron chi connectivity index (χ0n) is 13.2. The summed E-state index contributed by atoms with van der Waals surface area (Å²) in [5.74, 6) is 0.395. The van der Waals surface area contributed by atoms with Crippen molar-refractivity contribution in [2.45, 2.75) is 24.6 Å². The van der Waals surface area contributed by atoms with Gasteiger partial charge in [0.1, 0.15) is 5.75 Å². The molecule has 0 saturated carbocycles. The number of hydrogen-bond acceptors (Lipinski definition) is 4. The highest BCUT2D eigenvalue weighted by atomic mass is 32.2. The molecule has 2 N–H and O–H groups in total. The van der Waals surface area contributed by atoms with Gasteiger partial charge in [0.2, 0.25) is 0 Å². The van der Waals surface area contributed by atoms with Gasteiger partial charge < -0.3 is 9.84 Å². The molecule has 136 valence electrons. The molecule has 0 heterocycles. The fraction of sp³-hybridized carbons (Fsp3) is 0.250. The molecule has 0 fully saturated rings. The lowest BCUT2D eigenvalue weighted by Crippen LogP contribution is -2.15. The normalized spacial score (nSPS) is 12.0. The number of ether oxygens (including phenoxy) is 1. The Morgan fingerprint density at radius 2 is 1.88 bits per heavy atom. The SMILES string of the molecule is CCOc1ccc(NS(=O)(=O)c2cccc(C(F)(F)F)c2)cc1CO. The highest BCUT2D eigenvalue weighted by molar-refractivity contribution is 7.92. The quantitative estimate of drug-likeness (QED) is 0.812. The summed E-state index contributed by atoms with van der Waals surface area (Å²) < 4.78 is 70.3. The zero-order valence-corrected chi connectivity index (χ0v) is 14.0. The lowest BCUT2D eigenvalue weighted by molar-refractivity contribution is -0.137. The van der Waals surface area contributed by atoms with Crippen molar-refractivity contribution < 1.29 is 31.4 Å². The van der Waals surface area contributed by atoms with Crippen molar-refractivity contribution >= 4 is 15.7 Å². The third-order valence-electron chi connectivity index (χ3n) is 3.25. The number of anilines is 1. The van der Waals surface area contributed by atoms with Crippen LogP contribution in [0.1, 0.15) is 18.1 Å². The van der Waals surface area contributed by atoms with Gasteiger partial charge in [-0.25, -0.2) is 8.42 Å². The van der Waals surface area contributed by atoms with Gasteiger partial charge in [0.05, 0.1) is 23.7 Å². The molecular formula is C16H16F3NO4S. The summed E-state index contributed by atoms with van der Waals surface area (Å²) >= 11 is 0. The van der Waals surface area contributed by atoms with E-state index in [1.807, 2.05) is 0 Å². The summed E-state index contributed by atoms with van der Waals surface area (Å²) in [7, 11) is -4.22. The number of halogens is 3. The second kappa shape index (κ2) is 7.32. The van der Waals surface area contributed by atoms with E-state index in [1.165, 1.54) is 18.2 Å². The van der Waals surface area contributed by atoms with Gasteiger partial charge in [0, 0.05) is 11.3 Å². The maximum atomic E-state index is 12.7. The molecule has 2 rings (SSSR count). The van der Waals surface area contributed by atoms with Crippen molar-refractivity contribution in [2.75, 3.05) is 11.3 Å². The van der Waals surface area contributed by atoms with Gasteiger partial charge in [-0.05, 0) is 43.3 Å². The molecule has 2 aromatic rings. The molecule has 0 amide bonds. The Bertz CT molecular complexity index is 851. The van der Waals surface area contributed by atoms with E-state index >= 15 is 0 Å². The first-order chi connectivity index (χ1) is 11.7. The molecular weight excluding hydrogens is 359 g/mol. The molecule has 0 spiro atoms. The van der Waals surface area contributed by atoms with E-state index in [2.05, 4.69) is 4.72 Å². The Kier molecular flexibility index (Phi) is 5.58. The van der Waals surface area contributed by atoms with Crippen LogP contribution in [0.2, 0.25) is 0 Å². The van der Waals surface area contributed by atoms with Crippen LogP contribution in [0.3, 0.4) is 0 Å². The number of rotatable bonds is 6. The summed E-state index contributed by atoms with van der Waals surface area (Å²) in [6.07, 6.45) is -4.64. The average Bonchev–Trinajstić information content (AvgIpc) is 2.55. The number of alkyl halides is 3. The van der Waals surface area contributed by atoms with Crippen molar-refractivity contribution in [3.05, 3.63) is 53.6 Å². The van der Waals surface area contributed by atoms with Crippen molar-refractivity contribution in [1.29, 1.82) is 0 Å². The van der Waals surface area contributed by atoms with Crippen molar-refractivity contribution in [2.24, 2.45) is 0 Å². The van der Waals surface area contributed by atoms with E-state index in [1.54, 1.807) is 6.92 Å². The van der Waals surface area contributed by atoms with Crippen LogP contribution in [0, 0.1) is 0 Å². The fourth-order valence-electron chi connectivity index (χ4n) is 2.12. The lowest BCUT2D eigenvalue weighted by Gasteiger charge is -2.13. The van der Waals surface area contributed by atoms with E-state index in [9.17, 15) is 26.7 Å². The van der Waals surface area contributed by atoms with Crippen molar-refractivity contribution in [3.8, 4) is 5.75 Å². The van der Waals surface area contributed by atoms with Gasteiger partial charge in [-0.15, -0.1) is 0 Å². The minimum absolute atomic E-state index is 0.102. The van der Waals surface area contributed by atoms with Crippen LogP contribution in [0.4, 0.5) is 18.9 Å². The van der Waals surface area contributed by atoms with Gasteiger partial charge in [-0.3, -0.25) is 4.72 Å². The molecule has 0 aliphatic heterocycles. The van der Waals surface area contributed by atoms with E-state index in [0.29, 0.717) is 24.0 Å². The van der Waals surface area contributed by atoms with Crippen LogP contribution in [-0.4, -0.2) is 20.1 Å². The van der Waals surface area contributed by atoms with E-state index in [4.69, 9.17) is 4.74 Å². The Balaban J connectivity index is 2.33. The number of nitrogens with one attached hydrogen (secondary N) is 1. The highest BCUT2D eigenvalue weighted by Crippen LogP contribution is 2.31. The first-order valence-electron chi connectivity index (χ1n) is 7.24. The number of benzene rings is 2. The molecule has 5 nitrogen and oxygen atoms in total. The number of aliphatic hydroxyl groups excluding tert-OH is 1. The highest BCUT2D eigenvalue weighted by Gasteiger charge is 2.31. The molecule has 0 saturated heterocycles. The maximum absolute atomic E-state index is 12.7. The lowest BCUT2D eigenvalue weighted by atomic mass is 10.2. The van der Waals surface area contributed by atoms with Crippen LogP contribution < -0.4 is 9.46 Å². The molecule has 2 aromatic carbocycles. The van der Waals surface area contributed by atoms with Gasteiger partial charge in [-0.1, -0.05) is 6.07 Å². The van der Waals surface area contributed by atoms with Crippen LogP contribution in [-0.2, 0) is 22.8 Å². The summed E-state index contributed by atoms with van der Waals surface area (Å²) in [4.78, 5) is -0.512. The number of aliphatic hydroxyl groups is 1. The average molecular weight is 375 g/mol. The van der Waals surface area contributed by atoms with Gasteiger partial charge >= 0.3 is 6.18 Å². The van der Waals surface area contributed by atoms with Crippen LogP contribution in [0.25, 0.3) is 0 Å². The van der Waals surface area contributed by atoms with Crippen molar-refractivity contribution in [3.63, 3.8) is 0 Å². The summed E-state index contributed by atoms with van der Waals surface area (Å²) in [6.45, 7) is 1.74. The first kappa shape index (κ1) is 19.1. The van der Waals surface area contributed by atoms with Gasteiger partial charge in [0.25, 0.3) is 10.0 Å². The third kappa shape index (κ3) is 4.64. The topological polar surface area (TPSA) is 75.6 Å². The number of hydrogen-bond donors (Lipinski definition) is 2. The smallest absolute Gasteiger partial charge is 0.416 e. The van der Waals surface area contributed by atoms with Gasteiger partial charge in [0.15, 0.2) is 0 Å². The minimum Gasteiger partial charge on any atom is -0.494 e. The minimum atomic E-state index is -4.64. The Hall–Kier alpha value is -2.26. The monoisotopic (exact) mass is 375 g/mol. The first-order valence-corrected chi connectivity index (χ1v) is 8.72. The van der Waals surface area contributed by atoms with E-state index < -0.39 is 26.7 Å². The van der Waals surface area contributed by atoms with E-state index in [0.717, 1.165) is 18.2 Å².